The highest BCUT2D eigenvalue weighted by atomic mass is 16.5. The second kappa shape index (κ2) is 9.90. The zero-order chi connectivity index (χ0) is 22.5. The Morgan fingerprint density at radius 1 is 1.00 bits per heavy atom. The second-order valence-corrected chi connectivity index (χ2v) is 8.44. The van der Waals surface area contributed by atoms with Crippen molar-refractivity contribution in [3.63, 3.8) is 0 Å². The Balaban J connectivity index is 1.43. The minimum absolute atomic E-state index is 0.113. The van der Waals surface area contributed by atoms with Crippen LogP contribution in [0.1, 0.15) is 54.4 Å². The molecule has 1 aliphatic rings. The van der Waals surface area contributed by atoms with Crippen molar-refractivity contribution in [2.24, 2.45) is 0 Å². The molecule has 0 fully saturated rings. The Labute approximate surface area is 189 Å². The summed E-state index contributed by atoms with van der Waals surface area (Å²) in [4.78, 5) is 11.2. The Morgan fingerprint density at radius 2 is 1.75 bits per heavy atom. The van der Waals surface area contributed by atoms with Gasteiger partial charge in [0.25, 0.3) is 0 Å². The summed E-state index contributed by atoms with van der Waals surface area (Å²) in [5.41, 5.74) is 7.04. The fourth-order valence-electron chi connectivity index (χ4n) is 4.52. The molecule has 4 nitrogen and oxygen atoms in total. The summed E-state index contributed by atoms with van der Waals surface area (Å²) < 4.78 is 11.7. The summed E-state index contributed by atoms with van der Waals surface area (Å²) in [6.07, 6.45) is 3.16. The molecule has 3 aromatic carbocycles. The van der Waals surface area contributed by atoms with E-state index in [9.17, 15) is 9.90 Å². The van der Waals surface area contributed by atoms with Crippen LogP contribution in [0.5, 0.6) is 11.5 Å². The molecule has 1 aliphatic carbocycles. The maximum absolute atomic E-state index is 11.2. The van der Waals surface area contributed by atoms with Gasteiger partial charge >= 0.3 is 5.97 Å². The number of benzene rings is 3. The number of fused-ring (bicyclic) bond motifs is 1. The van der Waals surface area contributed by atoms with Gasteiger partial charge < -0.3 is 14.6 Å². The molecule has 0 aliphatic heterocycles. The van der Waals surface area contributed by atoms with Crippen molar-refractivity contribution >= 4 is 5.97 Å². The molecule has 4 rings (SSSR count). The fourth-order valence-corrected chi connectivity index (χ4v) is 4.52. The first-order valence-corrected chi connectivity index (χ1v) is 11.3. The van der Waals surface area contributed by atoms with Crippen LogP contribution in [0.25, 0.3) is 11.1 Å². The first kappa shape index (κ1) is 21.9. The lowest BCUT2D eigenvalue weighted by molar-refractivity contribution is -0.137. The van der Waals surface area contributed by atoms with Gasteiger partial charge in [-0.2, -0.15) is 0 Å². The lowest BCUT2D eigenvalue weighted by Crippen LogP contribution is -2.13. The highest BCUT2D eigenvalue weighted by molar-refractivity contribution is 5.69. The fraction of sp³-hybridized carbons (Fsp3) is 0.321. The largest absolute Gasteiger partial charge is 0.494 e. The molecule has 0 amide bonds. The van der Waals surface area contributed by atoms with Crippen molar-refractivity contribution in [3.05, 3.63) is 82.9 Å². The Hall–Kier alpha value is -3.27. The predicted octanol–water partition coefficient (Wildman–Crippen LogP) is 6.53. The van der Waals surface area contributed by atoms with Gasteiger partial charge in [0.2, 0.25) is 0 Å². The van der Waals surface area contributed by atoms with Crippen molar-refractivity contribution < 1.29 is 19.4 Å². The van der Waals surface area contributed by atoms with E-state index >= 15 is 0 Å². The molecule has 0 saturated heterocycles. The molecule has 4 heteroatoms. The first-order valence-electron chi connectivity index (χ1n) is 11.3. The molecule has 1 atom stereocenters. The van der Waals surface area contributed by atoms with E-state index < -0.39 is 5.97 Å². The van der Waals surface area contributed by atoms with Crippen LogP contribution in [0, 0.1) is 6.92 Å². The maximum Gasteiger partial charge on any atom is 0.303 e. The van der Waals surface area contributed by atoms with Crippen LogP contribution in [0.3, 0.4) is 0 Å². The molecule has 0 bridgehead atoms. The van der Waals surface area contributed by atoms with Crippen molar-refractivity contribution in [2.45, 2.75) is 52.1 Å². The number of aliphatic carboxylic acids is 1. The number of hydrogen-bond acceptors (Lipinski definition) is 3. The van der Waals surface area contributed by atoms with E-state index in [-0.39, 0.29) is 12.3 Å². The molecular formula is C28H30O4. The van der Waals surface area contributed by atoms with Crippen LogP contribution in [-0.4, -0.2) is 17.7 Å². The van der Waals surface area contributed by atoms with E-state index in [0.29, 0.717) is 13.2 Å². The molecule has 0 aromatic heterocycles. The van der Waals surface area contributed by atoms with Crippen LogP contribution in [0.15, 0.2) is 60.7 Å². The van der Waals surface area contributed by atoms with Gasteiger partial charge in [0, 0.05) is 0 Å². The monoisotopic (exact) mass is 430 g/mol. The van der Waals surface area contributed by atoms with Crippen molar-refractivity contribution in [3.8, 4) is 22.6 Å². The first-order chi connectivity index (χ1) is 15.5. The molecule has 0 heterocycles. The zero-order valence-corrected chi connectivity index (χ0v) is 18.8. The number of hydrogen-bond donors (Lipinski definition) is 1. The van der Waals surface area contributed by atoms with E-state index in [0.717, 1.165) is 41.9 Å². The normalized spacial score (nSPS) is 15.1. The third kappa shape index (κ3) is 5.13. The molecule has 1 N–H and O–H groups in total. The summed E-state index contributed by atoms with van der Waals surface area (Å²) in [7, 11) is 0. The third-order valence-corrected chi connectivity index (χ3v) is 6.16. The Kier molecular flexibility index (Phi) is 6.79. The lowest BCUT2D eigenvalue weighted by Gasteiger charge is -2.24. The number of carboxylic acids is 1. The van der Waals surface area contributed by atoms with Gasteiger partial charge in [0.15, 0.2) is 0 Å². The van der Waals surface area contributed by atoms with Crippen molar-refractivity contribution in [1.82, 2.24) is 0 Å². The van der Waals surface area contributed by atoms with Gasteiger partial charge in [-0.25, -0.2) is 0 Å². The molecule has 0 unspecified atom stereocenters. The molecule has 166 valence electrons. The van der Waals surface area contributed by atoms with Gasteiger partial charge in [-0.15, -0.1) is 0 Å². The van der Waals surface area contributed by atoms with E-state index in [2.05, 4.69) is 55.5 Å². The molecule has 32 heavy (non-hydrogen) atoms. The minimum Gasteiger partial charge on any atom is -0.494 e. The van der Waals surface area contributed by atoms with Gasteiger partial charge in [-0.1, -0.05) is 36.4 Å². The topological polar surface area (TPSA) is 55.8 Å². The van der Waals surface area contributed by atoms with Crippen LogP contribution < -0.4 is 9.47 Å². The summed E-state index contributed by atoms with van der Waals surface area (Å²) in [5, 5.41) is 9.17. The number of carbonyl (C=O) groups is 1. The standard InChI is InChI=1S/C28H30O4/c1-3-31-25-12-7-19(2)27(17-25)21-10-8-20(9-11-21)18-32-24-13-14-26-22(15-24)5-4-6-23(26)16-28(29)30/h7-15,17,23H,3-6,16,18H2,1-2H3,(H,29,30)/t23-/m0/s1. The predicted molar refractivity (Wildman–Crippen MR) is 126 cm³/mol. The molecular weight excluding hydrogens is 400 g/mol. The average Bonchev–Trinajstić information content (AvgIpc) is 2.79. The average molecular weight is 431 g/mol. The quantitative estimate of drug-likeness (QED) is 0.441. The smallest absolute Gasteiger partial charge is 0.303 e. The number of aryl methyl sites for hydroxylation is 2. The van der Waals surface area contributed by atoms with E-state index in [1.54, 1.807) is 0 Å². The Morgan fingerprint density at radius 3 is 2.50 bits per heavy atom. The van der Waals surface area contributed by atoms with Crippen LogP contribution >= 0.6 is 0 Å². The molecule has 0 saturated carbocycles. The highest BCUT2D eigenvalue weighted by Crippen LogP contribution is 2.36. The van der Waals surface area contributed by atoms with E-state index in [1.165, 1.54) is 22.3 Å². The molecule has 3 aromatic rings. The minimum atomic E-state index is -0.730. The van der Waals surface area contributed by atoms with Crippen LogP contribution in [-0.2, 0) is 17.8 Å². The number of rotatable bonds is 8. The van der Waals surface area contributed by atoms with Gasteiger partial charge in [0.05, 0.1) is 13.0 Å². The zero-order valence-electron chi connectivity index (χ0n) is 18.8. The van der Waals surface area contributed by atoms with Crippen molar-refractivity contribution in [2.75, 3.05) is 6.61 Å². The Bertz CT molecular complexity index is 1090. The molecule has 0 radical (unpaired) electrons. The van der Waals surface area contributed by atoms with Crippen LogP contribution in [0.2, 0.25) is 0 Å². The number of carboxylic acid groups (broad SMARTS) is 1. The van der Waals surface area contributed by atoms with Crippen LogP contribution in [0.4, 0.5) is 0 Å². The summed E-state index contributed by atoms with van der Waals surface area (Å²) in [6, 6.07) is 20.7. The van der Waals surface area contributed by atoms with Gasteiger partial charge in [-0.05, 0) is 96.7 Å². The van der Waals surface area contributed by atoms with Gasteiger partial charge in [-0.3, -0.25) is 4.79 Å². The van der Waals surface area contributed by atoms with E-state index in [1.807, 2.05) is 19.1 Å². The summed E-state index contributed by atoms with van der Waals surface area (Å²) in [5.74, 6) is 1.11. The summed E-state index contributed by atoms with van der Waals surface area (Å²) in [6.45, 7) is 5.25. The summed E-state index contributed by atoms with van der Waals surface area (Å²) >= 11 is 0. The second-order valence-electron chi connectivity index (χ2n) is 8.44. The van der Waals surface area contributed by atoms with Crippen molar-refractivity contribution in [1.29, 1.82) is 0 Å². The SMILES string of the molecule is CCOc1ccc(C)c(-c2ccc(COc3ccc4c(c3)CCC[C@H]4CC(=O)O)cc2)c1. The molecule has 0 spiro atoms. The maximum atomic E-state index is 11.2. The lowest BCUT2D eigenvalue weighted by atomic mass is 9.81. The number of ether oxygens (including phenoxy) is 2. The third-order valence-electron chi connectivity index (χ3n) is 6.16. The van der Waals surface area contributed by atoms with Gasteiger partial charge in [0.1, 0.15) is 18.1 Å². The highest BCUT2D eigenvalue weighted by Gasteiger charge is 2.22. The van der Waals surface area contributed by atoms with E-state index in [4.69, 9.17) is 9.47 Å².